The quantitative estimate of drug-likeness (QED) is 0.629. The van der Waals surface area contributed by atoms with Gasteiger partial charge in [0.15, 0.2) is 0 Å². The highest BCUT2D eigenvalue weighted by atomic mass is 16.3. The maximum absolute atomic E-state index is 12.0. The van der Waals surface area contributed by atoms with E-state index in [1.807, 2.05) is 24.3 Å². The van der Waals surface area contributed by atoms with Crippen LogP contribution in [0.2, 0.25) is 0 Å². The van der Waals surface area contributed by atoms with Crippen LogP contribution >= 0.6 is 0 Å². The number of hydrogen-bond acceptors (Lipinski definition) is 3. The van der Waals surface area contributed by atoms with Gasteiger partial charge in [0, 0.05) is 31.8 Å². The Labute approximate surface area is 130 Å². The Morgan fingerprint density at radius 2 is 2.05 bits per heavy atom. The first-order valence-electron chi connectivity index (χ1n) is 7.90. The summed E-state index contributed by atoms with van der Waals surface area (Å²) >= 11 is 0. The lowest BCUT2D eigenvalue weighted by atomic mass is 9.90. The minimum atomic E-state index is -0.422. The van der Waals surface area contributed by atoms with Crippen molar-refractivity contribution in [1.82, 2.24) is 4.90 Å². The summed E-state index contributed by atoms with van der Waals surface area (Å²) in [5.41, 5.74) is 0.914. The van der Waals surface area contributed by atoms with Crippen molar-refractivity contribution in [3.05, 3.63) is 36.1 Å². The summed E-state index contributed by atoms with van der Waals surface area (Å²) in [4.78, 5) is 25.5. The summed E-state index contributed by atoms with van der Waals surface area (Å²) < 4.78 is 5.78. The number of nitrogens with zero attached hydrogens (tertiary/aromatic N) is 1. The van der Waals surface area contributed by atoms with Crippen LogP contribution in [0.25, 0.3) is 11.0 Å². The van der Waals surface area contributed by atoms with Crippen molar-refractivity contribution >= 4 is 22.7 Å². The smallest absolute Gasteiger partial charge is 0.232 e. The lowest BCUT2D eigenvalue weighted by Crippen LogP contribution is -2.43. The molecule has 1 aromatic carbocycles. The molecule has 0 spiro atoms. The third kappa shape index (κ3) is 3.06. The highest BCUT2D eigenvalue weighted by molar-refractivity contribution is 6.03. The van der Waals surface area contributed by atoms with Crippen molar-refractivity contribution < 1.29 is 14.0 Å². The van der Waals surface area contributed by atoms with Crippen molar-refractivity contribution in [2.75, 3.05) is 13.6 Å². The molecule has 1 aromatic heterocycles. The van der Waals surface area contributed by atoms with E-state index in [4.69, 9.17) is 4.42 Å². The second-order valence-electron chi connectivity index (χ2n) is 6.03. The Morgan fingerprint density at radius 3 is 2.86 bits per heavy atom. The monoisotopic (exact) mass is 299 g/mol. The first kappa shape index (κ1) is 14.8. The molecule has 1 saturated heterocycles. The predicted octanol–water partition coefficient (Wildman–Crippen LogP) is 3.19. The van der Waals surface area contributed by atoms with Crippen LogP contribution in [0.15, 0.2) is 34.7 Å². The molecule has 0 bridgehead atoms. The Hall–Kier alpha value is -2.10. The normalized spacial score (nSPS) is 19.1. The standard InChI is InChI=1S/C18H21NO3/c1-19-11-10-16(20)15(18(19)21)8-4-3-7-14-12-13-6-2-5-9-17(13)22-14/h2,5-6,9,12,15H,3-4,7-8,10-11H2,1H3. The van der Waals surface area contributed by atoms with Gasteiger partial charge in [-0.1, -0.05) is 24.6 Å². The van der Waals surface area contributed by atoms with E-state index in [1.54, 1.807) is 11.9 Å². The van der Waals surface area contributed by atoms with Crippen molar-refractivity contribution in [3.8, 4) is 0 Å². The first-order valence-corrected chi connectivity index (χ1v) is 7.90. The van der Waals surface area contributed by atoms with E-state index in [2.05, 4.69) is 6.07 Å². The van der Waals surface area contributed by atoms with Crippen LogP contribution in [0.5, 0.6) is 0 Å². The summed E-state index contributed by atoms with van der Waals surface area (Å²) in [5.74, 6) is 0.640. The maximum atomic E-state index is 12.0. The number of piperidine rings is 1. The summed E-state index contributed by atoms with van der Waals surface area (Å²) in [5, 5.41) is 1.12. The lowest BCUT2D eigenvalue weighted by molar-refractivity contribution is -0.144. The third-order valence-corrected chi connectivity index (χ3v) is 4.40. The van der Waals surface area contributed by atoms with E-state index in [1.165, 1.54) is 0 Å². The maximum Gasteiger partial charge on any atom is 0.232 e. The van der Waals surface area contributed by atoms with Crippen LogP contribution in [0.3, 0.4) is 0 Å². The zero-order chi connectivity index (χ0) is 15.5. The van der Waals surface area contributed by atoms with E-state index in [0.717, 1.165) is 36.0 Å². The summed E-state index contributed by atoms with van der Waals surface area (Å²) in [6.45, 7) is 0.563. The number of Topliss-reactive ketones (excluding diaryl/α,β-unsaturated/α-hetero) is 1. The van der Waals surface area contributed by atoms with Crippen LogP contribution in [-0.2, 0) is 16.0 Å². The average Bonchev–Trinajstić information content (AvgIpc) is 2.93. The number of furan rings is 1. The summed E-state index contributed by atoms with van der Waals surface area (Å²) in [6, 6.07) is 10.0. The van der Waals surface area contributed by atoms with Crippen molar-refractivity contribution in [1.29, 1.82) is 0 Å². The van der Waals surface area contributed by atoms with Crippen molar-refractivity contribution in [3.63, 3.8) is 0 Å². The number of carbonyl (C=O) groups is 2. The molecule has 3 rings (SSSR count). The number of amides is 1. The number of rotatable bonds is 5. The Bertz CT molecular complexity index is 655. The predicted molar refractivity (Wildman–Crippen MR) is 84.5 cm³/mol. The topological polar surface area (TPSA) is 50.5 Å². The minimum absolute atomic E-state index is 0.0139. The zero-order valence-electron chi connectivity index (χ0n) is 12.9. The number of para-hydroxylation sites is 1. The molecule has 1 fully saturated rings. The van der Waals surface area contributed by atoms with Gasteiger partial charge in [-0.25, -0.2) is 0 Å². The average molecular weight is 299 g/mol. The third-order valence-electron chi connectivity index (χ3n) is 4.40. The Balaban J connectivity index is 1.50. The highest BCUT2D eigenvalue weighted by Gasteiger charge is 2.32. The first-order chi connectivity index (χ1) is 10.6. The molecular formula is C18H21NO3. The molecule has 22 heavy (non-hydrogen) atoms. The van der Waals surface area contributed by atoms with Gasteiger partial charge in [0.2, 0.25) is 5.91 Å². The molecule has 4 nitrogen and oxygen atoms in total. The number of benzene rings is 1. The van der Waals surface area contributed by atoms with Gasteiger partial charge in [-0.05, 0) is 25.0 Å². The van der Waals surface area contributed by atoms with Gasteiger partial charge in [-0.3, -0.25) is 9.59 Å². The molecule has 1 atom stereocenters. The fraction of sp³-hybridized carbons (Fsp3) is 0.444. The van der Waals surface area contributed by atoms with Crippen molar-refractivity contribution in [2.24, 2.45) is 5.92 Å². The van der Waals surface area contributed by atoms with Gasteiger partial charge in [0.25, 0.3) is 0 Å². The summed E-state index contributed by atoms with van der Waals surface area (Å²) in [7, 11) is 1.77. The second-order valence-corrected chi connectivity index (χ2v) is 6.03. The number of hydrogen-bond donors (Lipinski definition) is 0. The second kappa shape index (κ2) is 6.34. The van der Waals surface area contributed by atoms with Gasteiger partial charge in [0.05, 0.1) is 5.92 Å². The van der Waals surface area contributed by atoms with E-state index in [-0.39, 0.29) is 11.7 Å². The van der Waals surface area contributed by atoms with E-state index >= 15 is 0 Å². The van der Waals surface area contributed by atoms with Crippen LogP contribution in [0.1, 0.15) is 31.4 Å². The van der Waals surface area contributed by atoms with E-state index in [9.17, 15) is 9.59 Å². The SMILES string of the molecule is CN1CCC(=O)C(CCCCc2cc3ccccc3o2)C1=O. The number of carbonyl (C=O) groups excluding carboxylic acids is 2. The van der Waals surface area contributed by atoms with E-state index < -0.39 is 5.92 Å². The number of unbranched alkanes of at least 4 members (excludes halogenated alkanes) is 1. The van der Waals surface area contributed by atoms with Crippen LogP contribution < -0.4 is 0 Å². The zero-order valence-corrected chi connectivity index (χ0v) is 12.9. The molecule has 0 saturated carbocycles. The van der Waals surface area contributed by atoms with Gasteiger partial charge >= 0.3 is 0 Å². The van der Waals surface area contributed by atoms with Gasteiger partial charge in [-0.15, -0.1) is 0 Å². The molecule has 1 unspecified atom stereocenters. The molecule has 2 aromatic rings. The molecule has 116 valence electrons. The highest BCUT2D eigenvalue weighted by Crippen LogP contribution is 2.22. The molecule has 1 aliphatic rings. The number of ketones is 1. The van der Waals surface area contributed by atoms with Crippen LogP contribution in [0.4, 0.5) is 0 Å². The van der Waals surface area contributed by atoms with Gasteiger partial charge in [-0.2, -0.15) is 0 Å². The van der Waals surface area contributed by atoms with Crippen LogP contribution in [0, 0.1) is 5.92 Å². The molecule has 0 aliphatic carbocycles. The van der Waals surface area contributed by atoms with Crippen LogP contribution in [-0.4, -0.2) is 30.2 Å². The largest absolute Gasteiger partial charge is 0.461 e. The minimum Gasteiger partial charge on any atom is -0.461 e. The Morgan fingerprint density at radius 1 is 1.23 bits per heavy atom. The molecular weight excluding hydrogens is 278 g/mol. The Kier molecular flexibility index (Phi) is 4.27. The number of fused-ring (bicyclic) bond motifs is 1. The summed E-state index contributed by atoms with van der Waals surface area (Å²) in [6.07, 6.45) is 3.80. The molecule has 0 radical (unpaired) electrons. The number of likely N-dealkylation sites (tertiary alicyclic amines) is 1. The van der Waals surface area contributed by atoms with Gasteiger partial charge < -0.3 is 9.32 Å². The molecule has 1 aliphatic heterocycles. The molecule has 4 heteroatoms. The van der Waals surface area contributed by atoms with E-state index in [0.29, 0.717) is 19.4 Å². The molecule has 2 heterocycles. The van der Waals surface area contributed by atoms with Gasteiger partial charge in [0.1, 0.15) is 17.1 Å². The van der Waals surface area contributed by atoms with Crippen molar-refractivity contribution in [2.45, 2.75) is 32.1 Å². The lowest BCUT2D eigenvalue weighted by Gasteiger charge is -2.28. The number of aryl methyl sites for hydroxylation is 1. The fourth-order valence-corrected chi connectivity index (χ4v) is 3.06. The fourth-order valence-electron chi connectivity index (χ4n) is 3.06. The molecule has 1 amide bonds. The molecule has 0 N–H and O–H groups in total.